The van der Waals surface area contributed by atoms with E-state index in [-0.39, 0.29) is 12.0 Å². The molecule has 0 aromatic carbocycles. The highest BCUT2D eigenvalue weighted by Crippen LogP contribution is 2.25. The molecule has 0 aromatic heterocycles. The van der Waals surface area contributed by atoms with Gasteiger partial charge in [-0.05, 0) is 19.8 Å². The average Bonchev–Trinajstić information content (AvgIpc) is 2.75. The average molecular weight is 263 g/mol. The van der Waals surface area contributed by atoms with Gasteiger partial charge in [0.25, 0.3) is 0 Å². The van der Waals surface area contributed by atoms with Crippen LogP contribution in [0.15, 0.2) is 0 Å². The van der Waals surface area contributed by atoms with Gasteiger partial charge in [0.2, 0.25) is 5.91 Å². The first-order valence-corrected chi connectivity index (χ1v) is 7.65. The third-order valence-electron chi connectivity index (χ3n) is 4.56. The fourth-order valence-electron chi connectivity index (χ4n) is 3.20. The molecule has 1 unspecified atom stereocenters. The summed E-state index contributed by atoms with van der Waals surface area (Å²) in [7, 11) is 0. The van der Waals surface area contributed by atoms with Crippen LogP contribution in [-0.2, 0) is 4.79 Å². The molecule has 4 heteroatoms. The predicted octanol–water partition coefficient (Wildman–Crippen LogP) is 2.01. The lowest BCUT2D eigenvalue weighted by atomic mass is 9.98. The summed E-state index contributed by atoms with van der Waals surface area (Å²) < 4.78 is 0. The van der Waals surface area contributed by atoms with Crippen molar-refractivity contribution in [2.45, 2.75) is 51.5 Å². The van der Waals surface area contributed by atoms with Gasteiger partial charge in [-0.2, -0.15) is 5.26 Å². The lowest BCUT2D eigenvalue weighted by Gasteiger charge is -2.37. The van der Waals surface area contributed by atoms with Crippen molar-refractivity contribution in [1.82, 2.24) is 9.80 Å². The molecule has 1 saturated heterocycles. The molecule has 1 saturated carbocycles. The lowest BCUT2D eigenvalue weighted by molar-refractivity contribution is -0.137. The summed E-state index contributed by atoms with van der Waals surface area (Å²) in [6, 6.07) is 2.24. The first-order chi connectivity index (χ1) is 9.22. The van der Waals surface area contributed by atoms with Crippen molar-refractivity contribution in [3.8, 4) is 6.07 Å². The highest BCUT2D eigenvalue weighted by molar-refractivity contribution is 5.79. The molecule has 106 valence electrons. The molecule has 1 aliphatic carbocycles. The van der Waals surface area contributed by atoms with Crippen LogP contribution >= 0.6 is 0 Å². The highest BCUT2D eigenvalue weighted by atomic mass is 16.2. The summed E-state index contributed by atoms with van der Waals surface area (Å²) >= 11 is 0. The van der Waals surface area contributed by atoms with Crippen LogP contribution in [0.1, 0.15) is 45.4 Å². The van der Waals surface area contributed by atoms with Gasteiger partial charge in [0.1, 0.15) is 0 Å². The second kappa shape index (κ2) is 6.91. The van der Waals surface area contributed by atoms with E-state index in [1.54, 1.807) is 0 Å². The monoisotopic (exact) mass is 263 g/mol. The second-order valence-corrected chi connectivity index (χ2v) is 5.85. The van der Waals surface area contributed by atoms with Crippen molar-refractivity contribution < 1.29 is 4.79 Å². The second-order valence-electron chi connectivity index (χ2n) is 5.85. The highest BCUT2D eigenvalue weighted by Gasteiger charge is 2.28. The van der Waals surface area contributed by atoms with Gasteiger partial charge < -0.3 is 4.90 Å². The van der Waals surface area contributed by atoms with Crippen molar-refractivity contribution in [2.75, 3.05) is 26.2 Å². The Balaban J connectivity index is 1.83. The molecule has 0 aromatic rings. The molecule has 2 aliphatic rings. The third-order valence-corrected chi connectivity index (χ3v) is 4.56. The number of amides is 1. The zero-order chi connectivity index (χ0) is 13.7. The summed E-state index contributed by atoms with van der Waals surface area (Å²) in [4.78, 5) is 16.7. The van der Waals surface area contributed by atoms with E-state index in [9.17, 15) is 4.79 Å². The van der Waals surface area contributed by atoms with E-state index in [1.807, 2.05) is 11.8 Å². The van der Waals surface area contributed by atoms with Crippen LogP contribution in [0.3, 0.4) is 0 Å². The number of nitrogens with zero attached hydrogens (tertiary/aromatic N) is 3. The van der Waals surface area contributed by atoms with E-state index in [1.165, 1.54) is 25.7 Å². The number of hydrogen-bond acceptors (Lipinski definition) is 3. The Morgan fingerprint density at radius 1 is 1.11 bits per heavy atom. The summed E-state index contributed by atoms with van der Waals surface area (Å²) in [6.45, 7) is 5.20. The normalized spacial score (nSPS) is 24.5. The molecule has 1 amide bonds. The van der Waals surface area contributed by atoms with Crippen LogP contribution in [0.4, 0.5) is 0 Å². The minimum atomic E-state index is -0.0323. The maximum Gasteiger partial charge on any atom is 0.225 e. The summed E-state index contributed by atoms with van der Waals surface area (Å²) in [5.41, 5.74) is 0. The number of carbonyl (C=O) groups excluding carboxylic acids is 1. The first-order valence-electron chi connectivity index (χ1n) is 7.65. The smallest absolute Gasteiger partial charge is 0.225 e. The van der Waals surface area contributed by atoms with Crippen molar-refractivity contribution in [2.24, 2.45) is 5.92 Å². The van der Waals surface area contributed by atoms with Crippen LogP contribution < -0.4 is 0 Å². The maximum absolute atomic E-state index is 12.5. The molecular formula is C15H25N3O. The van der Waals surface area contributed by atoms with Crippen LogP contribution in [0.5, 0.6) is 0 Å². The Kier molecular flexibility index (Phi) is 5.21. The molecule has 2 fully saturated rings. The molecule has 0 bridgehead atoms. The van der Waals surface area contributed by atoms with E-state index in [2.05, 4.69) is 11.0 Å². The Morgan fingerprint density at radius 2 is 1.68 bits per heavy atom. The fourth-order valence-corrected chi connectivity index (χ4v) is 3.20. The van der Waals surface area contributed by atoms with Crippen LogP contribution in [0.25, 0.3) is 0 Å². The standard InChI is InChI=1S/C15H25N3O/c1-13(12-16)17-8-10-18(11-9-17)15(19)14-6-4-2-3-5-7-14/h13-14H,2-11H2,1H3. The molecule has 0 N–H and O–H groups in total. The molecule has 0 spiro atoms. The van der Waals surface area contributed by atoms with Gasteiger partial charge in [0, 0.05) is 32.1 Å². The Morgan fingerprint density at radius 3 is 2.21 bits per heavy atom. The number of piperazine rings is 1. The summed E-state index contributed by atoms with van der Waals surface area (Å²) in [6.07, 6.45) is 7.15. The van der Waals surface area contributed by atoms with Crippen molar-refractivity contribution in [3.05, 3.63) is 0 Å². The van der Waals surface area contributed by atoms with Gasteiger partial charge in [-0.25, -0.2) is 0 Å². The zero-order valence-electron chi connectivity index (χ0n) is 12.0. The fraction of sp³-hybridized carbons (Fsp3) is 0.867. The molecule has 1 aliphatic heterocycles. The minimum absolute atomic E-state index is 0.0323. The molecule has 4 nitrogen and oxygen atoms in total. The van der Waals surface area contributed by atoms with Gasteiger partial charge in [0.15, 0.2) is 0 Å². The van der Waals surface area contributed by atoms with Crippen molar-refractivity contribution in [3.63, 3.8) is 0 Å². The maximum atomic E-state index is 12.5. The largest absolute Gasteiger partial charge is 0.340 e. The minimum Gasteiger partial charge on any atom is -0.340 e. The van der Waals surface area contributed by atoms with Gasteiger partial charge in [-0.15, -0.1) is 0 Å². The SMILES string of the molecule is CC(C#N)N1CCN(C(=O)C2CCCCCC2)CC1. The quantitative estimate of drug-likeness (QED) is 0.716. The number of hydrogen-bond donors (Lipinski definition) is 0. The van der Waals surface area contributed by atoms with Gasteiger partial charge >= 0.3 is 0 Å². The number of nitriles is 1. The van der Waals surface area contributed by atoms with E-state index in [0.29, 0.717) is 5.91 Å². The van der Waals surface area contributed by atoms with E-state index >= 15 is 0 Å². The van der Waals surface area contributed by atoms with Crippen molar-refractivity contribution >= 4 is 5.91 Å². The summed E-state index contributed by atoms with van der Waals surface area (Å²) in [5.74, 6) is 0.633. The topological polar surface area (TPSA) is 47.3 Å². The van der Waals surface area contributed by atoms with E-state index in [4.69, 9.17) is 5.26 Å². The Hall–Kier alpha value is -1.08. The van der Waals surface area contributed by atoms with Gasteiger partial charge in [-0.1, -0.05) is 25.7 Å². The van der Waals surface area contributed by atoms with Crippen LogP contribution in [0.2, 0.25) is 0 Å². The Bertz CT molecular complexity index is 334. The number of rotatable bonds is 2. The molecule has 1 heterocycles. The van der Waals surface area contributed by atoms with E-state index in [0.717, 1.165) is 39.0 Å². The molecule has 2 rings (SSSR count). The van der Waals surface area contributed by atoms with Gasteiger partial charge in [0.05, 0.1) is 12.1 Å². The predicted molar refractivity (Wildman–Crippen MR) is 74.4 cm³/mol. The van der Waals surface area contributed by atoms with Crippen LogP contribution in [-0.4, -0.2) is 47.9 Å². The van der Waals surface area contributed by atoms with E-state index < -0.39 is 0 Å². The van der Waals surface area contributed by atoms with Crippen molar-refractivity contribution in [1.29, 1.82) is 5.26 Å². The zero-order valence-corrected chi connectivity index (χ0v) is 12.0. The molecule has 19 heavy (non-hydrogen) atoms. The molecule has 0 radical (unpaired) electrons. The van der Waals surface area contributed by atoms with Gasteiger partial charge in [-0.3, -0.25) is 9.69 Å². The summed E-state index contributed by atoms with van der Waals surface area (Å²) in [5, 5.41) is 8.93. The number of carbonyl (C=O) groups is 1. The molecular weight excluding hydrogens is 238 g/mol. The lowest BCUT2D eigenvalue weighted by Crippen LogP contribution is -2.52. The first kappa shape index (κ1) is 14.3. The Labute approximate surface area is 116 Å². The third kappa shape index (κ3) is 3.70. The molecule has 1 atom stereocenters. The van der Waals surface area contributed by atoms with Crippen LogP contribution in [0, 0.1) is 17.2 Å².